The average molecular weight is 549 g/mol. The van der Waals surface area contributed by atoms with Crippen LogP contribution < -0.4 is 5.32 Å². The average Bonchev–Trinajstić information content (AvgIpc) is 2.85. The number of fused-ring (bicyclic) bond motifs is 1. The van der Waals surface area contributed by atoms with Crippen molar-refractivity contribution in [1.82, 2.24) is 10.3 Å². The van der Waals surface area contributed by atoms with Crippen LogP contribution in [0.25, 0.3) is 0 Å². The summed E-state index contributed by atoms with van der Waals surface area (Å²) in [4.78, 5) is 16.4. The van der Waals surface area contributed by atoms with E-state index >= 15 is 0 Å². The van der Waals surface area contributed by atoms with Gasteiger partial charge in [-0.15, -0.1) is 0 Å². The fourth-order valence-electron chi connectivity index (χ4n) is 4.30. The molecule has 2 aromatic rings. The van der Waals surface area contributed by atoms with E-state index in [1.807, 2.05) is 30.3 Å². The molecule has 1 amide bonds. The van der Waals surface area contributed by atoms with Gasteiger partial charge in [0.2, 0.25) is 15.7 Å². The number of aromatic nitrogens is 1. The molecule has 1 aromatic carbocycles. The van der Waals surface area contributed by atoms with Crippen LogP contribution in [-0.2, 0) is 33.3 Å². The summed E-state index contributed by atoms with van der Waals surface area (Å²) in [7, 11) is -6.59. The second-order valence-electron chi connectivity index (χ2n) is 11.0. The SMILES string of the molecule is CC(=O)N[C@@H]1[C@@H](O[Si](C)(C)C(C)(C)C)[C@@H]2OC(c3ccccc3)OC[C@H]2O[C@H]1S(=O)(=O)c1ccccn1. The zero-order chi connectivity index (χ0) is 27.0. The Balaban J connectivity index is 1.78. The molecule has 0 bridgehead atoms. The molecule has 4 rings (SSSR count). The van der Waals surface area contributed by atoms with E-state index < -0.39 is 60.1 Å². The number of nitrogens with one attached hydrogen (secondary N) is 1. The molecule has 0 saturated carbocycles. The number of ether oxygens (including phenoxy) is 3. The molecular weight excluding hydrogens is 512 g/mol. The maximum absolute atomic E-state index is 13.8. The molecule has 11 heteroatoms. The lowest BCUT2D eigenvalue weighted by Crippen LogP contribution is -2.70. The first kappa shape index (κ1) is 27.9. The third-order valence-corrected chi connectivity index (χ3v) is 13.6. The number of carbonyl (C=O) groups excluding carboxylic acids is 1. The maximum atomic E-state index is 13.8. The Morgan fingerprint density at radius 3 is 2.35 bits per heavy atom. The van der Waals surface area contributed by atoms with Crippen LogP contribution in [0.2, 0.25) is 18.1 Å². The molecule has 1 aromatic heterocycles. The van der Waals surface area contributed by atoms with Gasteiger partial charge in [0.1, 0.15) is 12.2 Å². The van der Waals surface area contributed by atoms with Crippen LogP contribution in [0.5, 0.6) is 0 Å². The standard InChI is InChI=1S/C26H36N2O7SSi/c1-17(29)28-21-23(35-37(5,6)26(2,3)4)22-19(16-32-24(34-22)18-12-8-7-9-13-18)33-25(21)36(30,31)20-14-10-11-15-27-20/h7-15,19,21-25H,16H2,1-6H3,(H,28,29)/t19-,21-,22-,23-,24?,25+/m1/s1. The number of hydrogen-bond donors (Lipinski definition) is 1. The Bertz CT molecular complexity index is 1190. The first-order valence-electron chi connectivity index (χ1n) is 12.4. The molecule has 2 fully saturated rings. The second-order valence-corrected chi connectivity index (χ2v) is 17.7. The highest BCUT2D eigenvalue weighted by Crippen LogP contribution is 2.43. The van der Waals surface area contributed by atoms with Gasteiger partial charge >= 0.3 is 0 Å². The van der Waals surface area contributed by atoms with Gasteiger partial charge in [-0.25, -0.2) is 13.4 Å². The summed E-state index contributed by atoms with van der Waals surface area (Å²) in [6.45, 7) is 11.9. The van der Waals surface area contributed by atoms with Gasteiger partial charge in [-0.1, -0.05) is 57.2 Å². The minimum atomic E-state index is -4.12. The number of pyridine rings is 1. The van der Waals surface area contributed by atoms with Gasteiger partial charge in [-0.05, 0) is 30.3 Å². The maximum Gasteiger partial charge on any atom is 0.224 e. The summed E-state index contributed by atoms with van der Waals surface area (Å²) in [5.41, 5.74) is -0.617. The molecule has 2 aliphatic heterocycles. The van der Waals surface area contributed by atoms with Crippen molar-refractivity contribution in [1.29, 1.82) is 0 Å². The van der Waals surface area contributed by atoms with Gasteiger partial charge in [-0.2, -0.15) is 0 Å². The van der Waals surface area contributed by atoms with Crippen LogP contribution in [-0.4, -0.2) is 64.0 Å². The Hall–Kier alpha value is -2.15. The van der Waals surface area contributed by atoms with Gasteiger partial charge in [0.05, 0.1) is 18.8 Å². The normalized spacial score (nSPS) is 28.8. The van der Waals surface area contributed by atoms with Crippen molar-refractivity contribution < 1.29 is 31.8 Å². The van der Waals surface area contributed by atoms with Crippen molar-refractivity contribution in [2.75, 3.05) is 6.61 Å². The Morgan fingerprint density at radius 2 is 1.76 bits per heavy atom. The van der Waals surface area contributed by atoms with Crippen LogP contribution in [0.15, 0.2) is 59.8 Å². The molecule has 6 atom stereocenters. The molecule has 0 aliphatic carbocycles. The van der Waals surface area contributed by atoms with Crippen LogP contribution in [0.3, 0.4) is 0 Å². The molecule has 2 saturated heterocycles. The molecule has 3 heterocycles. The molecule has 2 aliphatic rings. The highest BCUT2D eigenvalue weighted by atomic mass is 32.2. The van der Waals surface area contributed by atoms with Crippen molar-refractivity contribution >= 4 is 24.1 Å². The zero-order valence-corrected chi connectivity index (χ0v) is 23.9. The van der Waals surface area contributed by atoms with Crippen molar-refractivity contribution in [3.63, 3.8) is 0 Å². The Kier molecular flexibility index (Phi) is 7.94. The molecule has 0 spiro atoms. The first-order valence-corrected chi connectivity index (χ1v) is 16.8. The lowest BCUT2D eigenvalue weighted by molar-refractivity contribution is -0.305. The van der Waals surface area contributed by atoms with E-state index in [-0.39, 0.29) is 16.7 Å². The largest absolute Gasteiger partial charge is 0.409 e. The first-order chi connectivity index (χ1) is 17.3. The number of benzene rings is 1. The van der Waals surface area contributed by atoms with E-state index in [0.717, 1.165) is 5.56 Å². The second kappa shape index (κ2) is 10.5. The van der Waals surface area contributed by atoms with E-state index in [2.05, 4.69) is 44.2 Å². The molecule has 0 radical (unpaired) electrons. The topological polar surface area (TPSA) is 113 Å². The summed E-state index contributed by atoms with van der Waals surface area (Å²) >= 11 is 0. The fourth-order valence-corrected chi connectivity index (χ4v) is 7.22. The number of nitrogens with zero attached hydrogens (tertiary/aromatic N) is 1. The van der Waals surface area contributed by atoms with Gasteiger partial charge < -0.3 is 24.0 Å². The summed E-state index contributed by atoms with van der Waals surface area (Å²) in [5, 5.41) is 2.51. The lowest BCUT2D eigenvalue weighted by Gasteiger charge is -2.52. The Morgan fingerprint density at radius 1 is 1.08 bits per heavy atom. The molecular formula is C26H36N2O7SSi. The number of amides is 1. The number of rotatable bonds is 6. The lowest BCUT2D eigenvalue weighted by atomic mass is 9.96. The molecule has 202 valence electrons. The van der Waals surface area contributed by atoms with Crippen LogP contribution in [0, 0.1) is 0 Å². The van der Waals surface area contributed by atoms with Gasteiger partial charge in [0, 0.05) is 18.7 Å². The monoisotopic (exact) mass is 548 g/mol. The van der Waals surface area contributed by atoms with Crippen molar-refractivity contribution in [2.45, 2.75) is 86.9 Å². The zero-order valence-electron chi connectivity index (χ0n) is 22.1. The highest BCUT2D eigenvalue weighted by Gasteiger charge is 2.57. The summed E-state index contributed by atoms with van der Waals surface area (Å²) in [6.07, 6.45) is -1.49. The molecule has 37 heavy (non-hydrogen) atoms. The van der Waals surface area contributed by atoms with E-state index in [0.29, 0.717) is 0 Å². The molecule has 9 nitrogen and oxygen atoms in total. The molecule has 1 N–H and O–H groups in total. The predicted molar refractivity (Wildman–Crippen MR) is 140 cm³/mol. The van der Waals surface area contributed by atoms with E-state index in [1.54, 1.807) is 12.1 Å². The molecule has 1 unspecified atom stereocenters. The van der Waals surface area contributed by atoms with Gasteiger partial charge in [0.15, 0.2) is 25.1 Å². The van der Waals surface area contributed by atoms with Crippen molar-refractivity contribution in [3.05, 3.63) is 60.3 Å². The van der Waals surface area contributed by atoms with Crippen LogP contribution >= 0.6 is 0 Å². The van der Waals surface area contributed by atoms with Crippen LogP contribution in [0.4, 0.5) is 0 Å². The van der Waals surface area contributed by atoms with Crippen molar-refractivity contribution in [3.8, 4) is 0 Å². The van der Waals surface area contributed by atoms with E-state index in [4.69, 9.17) is 18.6 Å². The van der Waals surface area contributed by atoms with Crippen molar-refractivity contribution in [2.24, 2.45) is 0 Å². The van der Waals surface area contributed by atoms with Gasteiger partial charge in [0.25, 0.3) is 0 Å². The van der Waals surface area contributed by atoms with E-state index in [1.165, 1.54) is 19.2 Å². The van der Waals surface area contributed by atoms with E-state index in [9.17, 15) is 13.2 Å². The highest BCUT2D eigenvalue weighted by molar-refractivity contribution is 7.91. The van der Waals surface area contributed by atoms with Gasteiger partial charge in [-0.3, -0.25) is 4.79 Å². The third kappa shape index (κ3) is 5.81. The summed E-state index contributed by atoms with van der Waals surface area (Å²) < 4.78 is 53.0. The minimum Gasteiger partial charge on any atom is -0.409 e. The predicted octanol–water partition coefficient (Wildman–Crippen LogP) is 3.59. The van der Waals surface area contributed by atoms with Crippen LogP contribution in [0.1, 0.15) is 39.5 Å². The Labute approximate surface area is 219 Å². The number of carbonyl (C=O) groups is 1. The summed E-state index contributed by atoms with van der Waals surface area (Å²) in [5.74, 6) is -0.399. The third-order valence-electron chi connectivity index (χ3n) is 7.25. The minimum absolute atomic E-state index is 0.0998. The smallest absolute Gasteiger partial charge is 0.224 e. The summed E-state index contributed by atoms with van der Waals surface area (Å²) in [6, 6.07) is 13.1. The fraction of sp³-hybridized carbons (Fsp3) is 0.538. The quantitative estimate of drug-likeness (QED) is 0.545. The number of hydrogen-bond acceptors (Lipinski definition) is 8. The number of sulfone groups is 1.